The Morgan fingerprint density at radius 2 is 1.94 bits per heavy atom. The van der Waals surface area contributed by atoms with Crippen LogP contribution in [0.2, 0.25) is 0 Å². The zero-order valence-electron chi connectivity index (χ0n) is 18.3. The van der Waals surface area contributed by atoms with Crippen LogP contribution in [0.4, 0.5) is 10.5 Å². The lowest BCUT2D eigenvalue weighted by Gasteiger charge is -2.33. The molecule has 0 aromatic carbocycles. The van der Waals surface area contributed by atoms with Crippen molar-refractivity contribution in [2.24, 2.45) is 0 Å². The molecule has 166 valence electrons. The zero-order valence-corrected chi connectivity index (χ0v) is 19.1. The Bertz CT molecular complexity index is 862. The third-order valence-electron chi connectivity index (χ3n) is 4.74. The van der Waals surface area contributed by atoms with Gasteiger partial charge in [0.25, 0.3) is 0 Å². The van der Waals surface area contributed by atoms with Gasteiger partial charge in [-0.2, -0.15) is 0 Å². The van der Waals surface area contributed by atoms with Gasteiger partial charge in [-0.15, -0.1) is 0 Å². The van der Waals surface area contributed by atoms with Gasteiger partial charge in [0.2, 0.25) is 5.88 Å². The molecule has 0 spiro atoms. The number of ether oxygens (including phenoxy) is 1. The van der Waals surface area contributed by atoms with E-state index in [9.17, 15) is 4.79 Å². The van der Waals surface area contributed by atoms with Gasteiger partial charge in [0, 0.05) is 56.7 Å². The van der Waals surface area contributed by atoms with Crippen LogP contribution in [0.5, 0.6) is 5.88 Å². The molecule has 0 atom stereocenters. The maximum absolute atomic E-state index is 12.5. The molecule has 2 aromatic rings. The zero-order chi connectivity index (χ0) is 22.3. The molecule has 1 saturated heterocycles. The number of pyridine rings is 2. The van der Waals surface area contributed by atoms with Crippen LogP contribution >= 0.6 is 12.2 Å². The second-order valence-electron chi connectivity index (χ2n) is 8.52. The van der Waals surface area contributed by atoms with Gasteiger partial charge >= 0.3 is 6.09 Å². The number of piperazine rings is 1. The van der Waals surface area contributed by atoms with Gasteiger partial charge in [-0.25, -0.2) is 9.78 Å². The maximum Gasteiger partial charge on any atom is 0.416 e. The summed E-state index contributed by atoms with van der Waals surface area (Å²) in [7, 11) is 0. The summed E-state index contributed by atoms with van der Waals surface area (Å²) in [6, 6.07) is 7.48. The van der Waals surface area contributed by atoms with Crippen LogP contribution in [0.1, 0.15) is 26.3 Å². The molecule has 0 aliphatic carbocycles. The van der Waals surface area contributed by atoms with Crippen molar-refractivity contribution < 1.29 is 9.53 Å². The fourth-order valence-electron chi connectivity index (χ4n) is 3.16. The number of carbonyl (C=O) groups is 1. The third kappa shape index (κ3) is 7.76. The number of nitrogens with zero attached hydrogens (tertiary/aromatic N) is 4. The maximum atomic E-state index is 12.5. The molecule has 9 heteroatoms. The van der Waals surface area contributed by atoms with Crippen LogP contribution in [-0.2, 0) is 6.42 Å². The normalized spacial score (nSPS) is 14.7. The average Bonchev–Trinajstić information content (AvgIpc) is 2.73. The van der Waals surface area contributed by atoms with E-state index in [0.29, 0.717) is 18.2 Å². The predicted molar refractivity (Wildman–Crippen MR) is 125 cm³/mol. The number of nitrogens with one attached hydrogen (secondary N) is 2. The average molecular weight is 443 g/mol. The molecule has 8 nitrogen and oxygen atoms in total. The van der Waals surface area contributed by atoms with Crippen molar-refractivity contribution >= 4 is 29.1 Å². The molecule has 3 heterocycles. The molecule has 0 saturated carbocycles. The lowest BCUT2D eigenvalue weighted by atomic mass is 10.1. The first-order chi connectivity index (χ1) is 14.8. The number of carbonyl (C=O) groups excluding carboxylic acids is 1. The summed E-state index contributed by atoms with van der Waals surface area (Å²) in [5, 5.41) is 6.76. The van der Waals surface area contributed by atoms with Crippen molar-refractivity contribution in [3.63, 3.8) is 0 Å². The smallest absolute Gasteiger partial charge is 0.391 e. The number of hydrogen-bond acceptors (Lipinski definition) is 6. The Labute approximate surface area is 189 Å². The van der Waals surface area contributed by atoms with Crippen LogP contribution < -0.4 is 15.4 Å². The molecular weight excluding hydrogens is 412 g/mol. The molecular formula is C22H30N6O2S. The summed E-state index contributed by atoms with van der Waals surface area (Å²) in [5.74, 6) is 0.268. The van der Waals surface area contributed by atoms with E-state index >= 15 is 0 Å². The number of anilines is 1. The molecule has 2 N–H and O–H groups in total. The number of aromatic nitrogens is 2. The van der Waals surface area contributed by atoms with Crippen LogP contribution in [0.15, 0.2) is 42.9 Å². The molecule has 0 radical (unpaired) electrons. The summed E-state index contributed by atoms with van der Waals surface area (Å²) < 4.78 is 5.43. The predicted octanol–water partition coefficient (Wildman–Crippen LogP) is 2.92. The molecule has 1 aliphatic heterocycles. The Hall–Kier alpha value is -2.78. The number of amides is 1. The highest BCUT2D eigenvalue weighted by atomic mass is 32.1. The van der Waals surface area contributed by atoms with Crippen LogP contribution in [0, 0.1) is 0 Å². The van der Waals surface area contributed by atoms with Crippen molar-refractivity contribution in [2.45, 2.75) is 32.7 Å². The van der Waals surface area contributed by atoms with Crippen molar-refractivity contribution in [1.29, 1.82) is 0 Å². The molecule has 0 unspecified atom stereocenters. The van der Waals surface area contributed by atoms with E-state index in [1.807, 2.05) is 33.0 Å². The van der Waals surface area contributed by atoms with Crippen molar-refractivity contribution in [1.82, 2.24) is 25.1 Å². The van der Waals surface area contributed by atoms with E-state index in [0.717, 1.165) is 31.7 Å². The van der Waals surface area contributed by atoms with E-state index in [1.165, 1.54) is 5.56 Å². The minimum absolute atomic E-state index is 0.129. The topological polar surface area (TPSA) is 82.6 Å². The lowest BCUT2D eigenvalue weighted by molar-refractivity contribution is 0.110. The standard InChI is InChI=1S/C22H30N6O2S/c1-22(2,3)26-20(31)25-18-6-7-19(24-16-18)30-21(29)28-13-11-27(12-14-28)10-8-17-5-4-9-23-15-17/h4-7,9,15-16H,8,10-14H2,1-3H3,(H2,25,26,31). The lowest BCUT2D eigenvalue weighted by Crippen LogP contribution is -2.50. The quantitative estimate of drug-likeness (QED) is 0.684. The van der Waals surface area contributed by atoms with Gasteiger partial charge in [-0.05, 0) is 57.1 Å². The van der Waals surface area contributed by atoms with Crippen molar-refractivity contribution in [3.05, 3.63) is 48.4 Å². The largest absolute Gasteiger partial charge is 0.416 e. The Morgan fingerprint density at radius 1 is 1.16 bits per heavy atom. The molecule has 0 bridgehead atoms. The van der Waals surface area contributed by atoms with Gasteiger partial charge in [0.15, 0.2) is 5.11 Å². The van der Waals surface area contributed by atoms with E-state index in [-0.39, 0.29) is 17.5 Å². The van der Waals surface area contributed by atoms with E-state index in [4.69, 9.17) is 17.0 Å². The summed E-state index contributed by atoms with van der Waals surface area (Å²) in [6.45, 7) is 9.97. The first-order valence-electron chi connectivity index (χ1n) is 10.4. The molecule has 2 aromatic heterocycles. The molecule has 1 fully saturated rings. The second-order valence-corrected chi connectivity index (χ2v) is 8.93. The van der Waals surface area contributed by atoms with Gasteiger partial charge in [-0.3, -0.25) is 9.88 Å². The number of hydrogen-bond donors (Lipinski definition) is 2. The Balaban J connectivity index is 1.41. The van der Waals surface area contributed by atoms with Crippen LogP contribution in [-0.4, -0.2) is 69.2 Å². The SMILES string of the molecule is CC(C)(C)NC(=S)Nc1ccc(OC(=O)N2CCN(CCc3cccnc3)CC2)nc1. The fourth-order valence-corrected chi connectivity index (χ4v) is 3.58. The molecule has 1 amide bonds. The molecule has 1 aliphatic rings. The first kappa shape index (κ1) is 22.9. The minimum Gasteiger partial charge on any atom is -0.391 e. The monoisotopic (exact) mass is 442 g/mol. The number of rotatable bonds is 5. The van der Waals surface area contributed by atoms with Gasteiger partial charge in [-0.1, -0.05) is 6.07 Å². The van der Waals surface area contributed by atoms with E-state index in [2.05, 4.69) is 31.6 Å². The minimum atomic E-state index is -0.370. The van der Waals surface area contributed by atoms with E-state index in [1.54, 1.807) is 29.4 Å². The van der Waals surface area contributed by atoms with E-state index < -0.39 is 0 Å². The number of thiocarbonyl (C=S) groups is 1. The summed E-state index contributed by atoms with van der Waals surface area (Å²) in [6.07, 6.45) is 5.86. The summed E-state index contributed by atoms with van der Waals surface area (Å²) in [5.41, 5.74) is 1.82. The Morgan fingerprint density at radius 3 is 2.55 bits per heavy atom. The highest BCUT2D eigenvalue weighted by Crippen LogP contribution is 2.14. The first-order valence-corrected chi connectivity index (χ1v) is 10.8. The second kappa shape index (κ2) is 10.5. The van der Waals surface area contributed by atoms with Crippen LogP contribution in [0.3, 0.4) is 0 Å². The third-order valence-corrected chi connectivity index (χ3v) is 4.95. The van der Waals surface area contributed by atoms with Gasteiger partial charge in [0.05, 0.1) is 11.9 Å². The molecule has 31 heavy (non-hydrogen) atoms. The Kier molecular flexibility index (Phi) is 7.75. The summed E-state index contributed by atoms with van der Waals surface area (Å²) in [4.78, 5) is 24.9. The van der Waals surface area contributed by atoms with Crippen molar-refractivity contribution in [3.8, 4) is 5.88 Å². The van der Waals surface area contributed by atoms with Gasteiger partial charge in [0.1, 0.15) is 0 Å². The van der Waals surface area contributed by atoms with Crippen LogP contribution in [0.25, 0.3) is 0 Å². The van der Waals surface area contributed by atoms with Gasteiger partial charge < -0.3 is 20.3 Å². The van der Waals surface area contributed by atoms with Crippen molar-refractivity contribution in [2.75, 3.05) is 38.0 Å². The fraction of sp³-hybridized carbons (Fsp3) is 0.455. The molecule has 3 rings (SSSR count). The highest BCUT2D eigenvalue weighted by Gasteiger charge is 2.22. The summed E-state index contributed by atoms with van der Waals surface area (Å²) >= 11 is 5.28. The highest BCUT2D eigenvalue weighted by molar-refractivity contribution is 7.80.